The van der Waals surface area contributed by atoms with Gasteiger partial charge in [0.15, 0.2) is 0 Å². The van der Waals surface area contributed by atoms with Crippen molar-refractivity contribution in [2.45, 2.75) is 65.5 Å². The van der Waals surface area contributed by atoms with Crippen LogP contribution in [0.3, 0.4) is 0 Å². The molecule has 0 saturated carbocycles. The molecule has 0 aliphatic carbocycles. The Morgan fingerprint density at radius 3 is 2.63 bits per heavy atom. The van der Waals surface area contributed by atoms with Crippen LogP contribution in [0.5, 0.6) is 0 Å². The fraction of sp³-hybridized carbons (Fsp3) is 0.812. The number of ether oxygens (including phenoxy) is 1. The highest BCUT2D eigenvalue weighted by molar-refractivity contribution is 5.76. The van der Waals surface area contributed by atoms with Gasteiger partial charge in [-0.05, 0) is 53.0 Å². The van der Waals surface area contributed by atoms with Crippen molar-refractivity contribution in [3.63, 3.8) is 0 Å². The van der Waals surface area contributed by atoms with Gasteiger partial charge in [-0.2, -0.15) is 0 Å². The number of unbranched alkanes of at least 4 members (excludes halogenated alkanes) is 1. The minimum atomic E-state index is -0.397. The summed E-state index contributed by atoms with van der Waals surface area (Å²) in [5.74, 6) is 0.426. The van der Waals surface area contributed by atoms with E-state index in [0.717, 1.165) is 32.4 Å². The van der Waals surface area contributed by atoms with Crippen LogP contribution in [0.4, 0.5) is 0 Å². The number of nitrogens with zero attached hydrogens (tertiary/aromatic N) is 1. The molecule has 1 rings (SSSR count). The molecule has 3 heteroatoms. The van der Waals surface area contributed by atoms with Crippen LogP contribution in [0.25, 0.3) is 0 Å². The second kappa shape index (κ2) is 7.09. The van der Waals surface area contributed by atoms with Gasteiger partial charge in [0.05, 0.1) is 0 Å². The highest BCUT2D eigenvalue weighted by Gasteiger charge is 2.37. The van der Waals surface area contributed by atoms with E-state index in [-0.39, 0.29) is 12.0 Å². The Bertz CT molecular complexity index is 317. The average molecular weight is 267 g/mol. The van der Waals surface area contributed by atoms with E-state index in [9.17, 15) is 4.79 Å². The Labute approximate surface area is 118 Å². The first kappa shape index (κ1) is 16.2. The quantitative estimate of drug-likeness (QED) is 0.565. The first-order valence-corrected chi connectivity index (χ1v) is 7.47. The predicted octanol–water partition coefficient (Wildman–Crippen LogP) is 3.39. The van der Waals surface area contributed by atoms with Gasteiger partial charge in [0, 0.05) is 6.54 Å². The zero-order chi connectivity index (χ0) is 14.5. The lowest BCUT2D eigenvalue weighted by Gasteiger charge is -2.27. The molecular weight excluding hydrogens is 238 g/mol. The first-order chi connectivity index (χ1) is 8.87. The minimum Gasteiger partial charge on any atom is -0.459 e. The Kier molecular flexibility index (Phi) is 6.05. The van der Waals surface area contributed by atoms with Crippen LogP contribution in [0.1, 0.15) is 53.9 Å². The SMILES string of the molecule is CC=C[C@@H]1C[C@H](C(=O)OC(C)(C)C)N(CCCC)C1. The summed E-state index contributed by atoms with van der Waals surface area (Å²) in [6, 6.07) is -0.0630. The molecule has 1 aliphatic rings. The number of esters is 1. The van der Waals surface area contributed by atoms with E-state index in [1.54, 1.807) is 0 Å². The summed E-state index contributed by atoms with van der Waals surface area (Å²) in [4.78, 5) is 14.6. The van der Waals surface area contributed by atoms with E-state index in [2.05, 4.69) is 24.0 Å². The van der Waals surface area contributed by atoms with Crippen molar-refractivity contribution in [1.82, 2.24) is 4.90 Å². The number of allylic oxidation sites excluding steroid dienone is 1. The van der Waals surface area contributed by atoms with E-state index >= 15 is 0 Å². The molecule has 19 heavy (non-hydrogen) atoms. The molecule has 2 atom stereocenters. The molecule has 0 bridgehead atoms. The first-order valence-electron chi connectivity index (χ1n) is 7.47. The molecule has 1 heterocycles. The molecule has 0 aromatic carbocycles. The van der Waals surface area contributed by atoms with Crippen molar-refractivity contribution in [3.05, 3.63) is 12.2 Å². The van der Waals surface area contributed by atoms with E-state index < -0.39 is 5.60 Å². The summed E-state index contributed by atoms with van der Waals surface area (Å²) in [5, 5.41) is 0. The third-order valence-corrected chi connectivity index (χ3v) is 3.38. The lowest BCUT2D eigenvalue weighted by atomic mass is 10.1. The average Bonchev–Trinajstić information content (AvgIpc) is 2.68. The number of hydrogen-bond acceptors (Lipinski definition) is 3. The normalized spacial score (nSPS) is 25.1. The summed E-state index contributed by atoms with van der Waals surface area (Å²) >= 11 is 0. The number of likely N-dealkylation sites (tertiary alicyclic amines) is 1. The maximum atomic E-state index is 12.3. The van der Waals surface area contributed by atoms with Gasteiger partial charge in [-0.1, -0.05) is 25.5 Å². The smallest absolute Gasteiger partial charge is 0.323 e. The Morgan fingerprint density at radius 2 is 2.11 bits per heavy atom. The second-order valence-electron chi connectivity index (χ2n) is 6.42. The van der Waals surface area contributed by atoms with E-state index in [1.165, 1.54) is 0 Å². The highest BCUT2D eigenvalue weighted by Crippen LogP contribution is 2.27. The largest absolute Gasteiger partial charge is 0.459 e. The van der Waals surface area contributed by atoms with Crippen LogP contribution in [-0.2, 0) is 9.53 Å². The van der Waals surface area contributed by atoms with Crippen LogP contribution in [0.15, 0.2) is 12.2 Å². The van der Waals surface area contributed by atoms with Crippen molar-refractivity contribution in [2.75, 3.05) is 13.1 Å². The summed E-state index contributed by atoms with van der Waals surface area (Å²) in [6.07, 6.45) is 7.49. The van der Waals surface area contributed by atoms with Crippen LogP contribution in [0.2, 0.25) is 0 Å². The molecule has 1 aliphatic heterocycles. The summed E-state index contributed by atoms with van der Waals surface area (Å²) in [7, 11) is 0. The zero-order valence-electron chi connectivity index (χ0n) is 13.1. The molecule has 0 aromatic rings. The van der Waals surface area contributed by atoms with E-state index in [4.69, 9.17) is 4.74 Å². The van der Waals surface area contributed by atoms with Crippen LogP contribution < -0.4 is 0 Å². The number of rotatable bonds is 5. The molecular formula is C16H29NO2. The van der Waals surface area contributed by atoms with Crippen LogP contribution in [-0.4, -0.2) is 35.6 Å². The molecule has 0 N–H and O–H groups in total. The molecule has 0 radical (unpaired) electrons. The standard InChI is InChI=1S/C16H29NO2/c1-6-8-10-17-12-13(9-7-2)11-14(17)15(18)19-16(3,4)5/h7,9,13-14H,6,8,10-12H2,1-5H3/t13-,14-/m1/s1. The molecule has 0 spiro atoms. The van der Waals surface area contributed by atoms with Crippen LogP contribution >= 0.6 is 0 Å². The summed E-state index contributed by atoms with van der Waals surface area (Å²) in [6.45, 7) is 12.0. The molecule has 1 saturated heterocycles. The number of carbonyl (C=O) groups excluding carboxylic acids is 1. The van der Waals surface area contributed by atoms with Gasteiger partial charge in [-0.3, -0.25) is 9.69 Å². The summed E-state index contributed by atoms with van der Waals surface area (Å²) < 4.78 is 5.55. The zero-order valence-corrected chi connectivity index (χ0v) is 13.1. The maximum Gasteiger partial charge on any atom is 0.323 e. The highest BCUT2D eigenvalue weighted by atomic mass is 16.6. The molecule has 0 aromatic heterocycles. The van der Waals surface area contributed by atoms with E-state index in [0.29, 0.717) is 5.92 Å². The number of carbonyl (C=O) groups is 1. The van der Waals surface area contributed by atoms with Crippen molar-refractivity contribution in [1.29, 1.82) is 0 Å². The van der Waals surface area contributed by atoms with Gasteiger partial charge in [-0.15, -0.1) is 0 Å². The maximum absolute atomic E-state index is 12.3. The van der Waals surface area contributed by atoms with Crippen molar-refractivity contribution in [2.24, 2.45) is 5.92 Å². The Hall–Kier alpha value is -0.830. The topological polar surface area (TPSA) is 29.5 Å². The second-order valence-corrected chi connectivity index (χ2v) is 6.42. The minimum absolute atomic E-state index is 0.0596. The van der Waals surface area contributed by atoms with Gasteiger partial charge >= 0.3 is 5.97 Å². The van der Waals surface area contributed by atoms with Gasteiger partial charge in [0.25, 0.3) is 0 Å². The lowest BCUT2D eigenvalue weighted by molar-refractivity contribution is -0.160. The predicted molar refractivity (Wildman–Crippen MR) is 79.0 cm³/mol. The molecule has 3 nitrogen and oxygen atoms in total. The van der Waals surface area contributed by atoms with Gasteiger partial charge in [0.2, 0.25) is 0 Å². The fourth-order valence-electron chi connectivity index (χ4n) is 2.57. The van der Waals surface area contributed by atoms with Crippen molar-refractivity contribution >= 4 is 5.97 Å². The molecule has 110 valence electrons. The van der Waals surface area contributed by atoms with Gasteiger partial charge in [0.1, 0.15) is 11.6 Å². The Morgan fingerprint density at radius 1 is 1.42 bits per heavy atom. The van der Waals surface area contributed by atoms with Crippen LogP contribution in [0, 0.1) is 5.92 Å². The van der Waals surface area contributed by atoms with Gasteiger partial charge < -0.3 is 4.74 Å². The van der Waals surface area contributed by atoms with Crippen molar-refractivity contribution < 1.29 is 9.53 Å². The third kappa shape index (κ3) is 5.35. The summed E-state index contributed by atoms with van der Waals surface area (Å²) in [5.41, 5.74) is -0.397. The van der Waals surface area contributed by atoms with Crippen molar-refractivity contribution in [3.8, 4) is 0 Å². The lowest BCUT2D eigenvalue weighted by Crippen LogP contribution is -2.40. The fourth-order valence-corrected chi connectivity index (χ4v) is 2.57. The third-order valence-electron chi connectivity index (χ3n) is 3.38. The van der Waals surface area contributed by atoms with E-state index in [1.807, 2.05) is 27.7 Å². The van der Waals surface area contributed by atoms with Gasteiger partial charge in [-0.25, -0.2) is 0 Å². The number of hydrogen-bond donors (Lipinski definition) is 0. The molecule has 0 amide bonds. The monoisotopic (exact) mass is 267 g/mol. The Balaban J connectivity index is 2.67. The molecule has 0 unspecified atom stereocenters. The molecule has 1 fully saturated rings.